The van der Waals surface area contributed by atoms with E-state index in [2.05, 4.69) is 41.9 Å². The standard InChI is InChI=1S/C19H24N2OS/c1-2-15-9-11-16(12-10-15)20-19(22)21-13-5-3-4-7-17(21)18-8-6-14-23-18/h6,8-12,14,17H,2-5,7,13H2,1H3,(H,20,22)/t17-/m1/s1. The molecule has 122 valence electrons. The molecule has 23 heavy (non-hydrogen) atoms. The number of amides is 2. The number of thiophene rings is 1. The molecule has 1 atom stereocenters. The smallest absolute Gasteiger partial charge is 0.317 e. The molecule has 1 aliphatic rings. The number of hydrogen-bond acceptors (Lipinski definition) is 2. The van der Waals surface area contributed by atoms with Gasteiger partial charge in [0.2, 0.25) is 0 Å². The molecule has 0 unspecified atom stereocenters. The van der Waals surface area contributed by atoms with Crippen LogP contribution in [0, 0.1) is 0 Å². The highest BCUT2D eigenvalue weighted by Gasteiger charge is 2.27. The van der Waals surface area contributed by atoms with Gasteiger partial charge in [-0.15, -0.1) is 11.3 Å². The third-order valence-electron chi connectivity index (χ3n) is 4.50. The molecule has 4 heteroatoms. The van der Waals surface area contributed by atoms with Crippen LogP contribution < -0.4 is 5.32 Å². The van der Waals surface area contributed by atoms with Gasteiger partial charge in [0.15, 0.2) is 0 Å². The van der Waals surface area contributed by atoms with Crippen LogP contribution in [0.25, 0.3) is 0 Å². The molecule has 1 fully saturated rings. The largest absolute Gasteiger partial charge is 0.322 e. The van der Waals surface area contributed by atoms with Gasteiger partial charge >= 0.3 is 6.03 Å². The van der Waals surface area contributed by atoms with E-state index in [1.807, 2.05) is 17.0 Å². The first-order chi connectivity index (χ1) is 11.3. The number of nitrogens with one attached hydrogen (secondary N) is 1. The third-order valence-corrected chi connectivity index (χ3v) is 5.47. The second kappa shape index (κ2) is 7.64. The molecular weight excluding hydrogens is 304 g/mol. The van der Waals surface area contributed by atoms with Gasteiger partial charge in [0.25, 0.3) is 0 Å². The molecule has 1 aromatic carbocycles. The minimum Gasteiger partial charge on any atom is -0.317 e. The minimum absolute atomic E-state index is 0.0227. The highest BCUT2D eigenvalue weighted by atomic mass is 32.1. The molecule has 2 heterocycles. The van der Waals surface area contributed by atoms with Gasteiger partial charge in [-0.25, -0.2) is 4.79 Å². The van der Waals surface area contributed by atoms with Crippen LogP contribution >= 0.6 is 11.3 Å². The maximum Gasteiger partial charge on any atom is 0.322 e. The lowest BCUT2D eigenvalue weighted by atomic mass is 10.1. The molecule has 0 bridgehead atoms. The summed E-state index contributed by atoms with van der Waals surface area (Å²) in [5.74, 6) is 0. The lowest BCUT2D eigenvalue weighted by Gasteiger charge is -2.29. The van der Waals surface area contributed by atoms with Crippen LogP contribution in [0.4, 0.5) is 10.5 Å². The molecule has 1 saturated heterocycles. The van der Waals surface area contributed by atoms with Crippen molar-refractivity contribution in [1.82, 2.24) is 4.90 Å². The van der Waals surface area contributed by atoms with Crippen molar-refractivity contribution in [2.45, 2.75) is 45.1 Å². The molecule has 1 aromatic heterocycles. The molecule has 0 aliphatic carbocycles. The van der Waals surface area contributed by atoms with Gasteiger partial charge in [-0.3, -0.25) is 0 Å². The average molecular weight is 328 g/mol. The quantitative estimate of drug-likeness (QED) is 0.797. The van der Waals surface area contributed by atoms with E-state index in [0.29, 0.717) is 0 Å². The number of urea groups is 1. The Kier molecular flexibility index (Phi) is 5.34. The van der Waals surface area contributed by atoms with Gasteiger partial charge in [-0.05, 0) is 48.4 Å². The fraction of sp³-hybridized carbons (Fsp3) is 0.421. The summed E-state index contributed by atoms with van der Waals surface area (Å²) >= 11 is 1.75. The number of carbonyl (C=O) groups excluding carboxylic acids is 1. The minimum atomic E-state index is 0.0227. The zero-order valence-electron chi connectivity index (χ0n) is 13.6. The average Bonchev–Trinajstić information content (AvgIpc) is 2.99. The summed E-state index contributed by atoms with van der Waals surface area (Å²) in [6.45, 7) is 2.97. The number of likely N-dealkylation sites (tertiary alicyclic amines) is 1. The van der Waals surface area contributed by atoms with Gasteiger partial charge in [-0.1, -0.05) is 38.0 Å². The lowest BCUT2D eigenvalue weighted by Crippen LogP contribution is -2.37. The zero-order chi connectivity index (χ0) is 16.1. The third kappa shape index (κ3) is 3.94. The van der Waals surface area contributed by atoms with E-state index >= 15 is 0 Å². The lowest BCUT2D eigenvalue weighted by molar-refractivity contribution is 0.190. The molecule has 1 N–H and O–H groups in total. The Labute approximate surface area is 142 Å². The Morgan fingerprint density at radius 3 is 2.74 bits per heavy atom. The van der Waals surface area contributed by atoms with E-state index in [4.69, 9.17) is 0 Å². The van der Waals surface area contributed by atoms with Gasteiger partial charge < -0.3 is 10.2 Å². The monoisotopic (exact) mass is 328 g/mol. The second-order valence-electron chi connectivity index (χ2n) is 6.05. The van der Waals surface area contributed by atoms with E-state index in [1.54, 1.807) is 11.3 Å². The van der Waals surface area contributed by atoms with Crippen molar-refractivity contribution in [2.24, 2.45) is 0 Å². The number of carbonyl (C=O) groups is 1. The first-order valence-electron chi connectivity index (χ1n) is 8.48. The highest BCUT2D eigenvalue weighted by molar-refractivity contribution is 7.10. The molecular formula is C19H24N2OS. The Morgan fingerprint density at radius 2 is 2.04 bits per heavy atom. The van der Waals surface area contributed by atoms with Crippen LogP contribution in [0.2, 0.25) is 0 Å². The molecule has 0 spiro atoms. The summed E-state index contributed by atoms with van der Waals surface area (Å²) in [7, 11) is 0. The summed E-state index contributed by atoms with van der Waals surface area (Å²) in [4.78, 5) is 16.1. The van der Waals surface area contributed by atoms with Crippen LogP contribution in [0.1, 0.15) is 49.1 Å². The fourth-order valence-electron chi connectivity index (χ4n) is 3.15. The van der Waals surface area contributed by atoms with Crippen molar-refractivity contribution in [3.8, 4) is 0 Å². The maximum atomic E-state index is 12.8. The topological polar surface area (TPSA) is 32.3 Å². The Morgan fingerprint density at radius 1 is 1.22 bits per heavy atom. The van der Waals surface area contributed by atoms with Gasteiger partial charge in [-0.2, -0.15) is 0 Å². The number of hydrogen-bond donors (Lipinski definition) is 1. The van der Waals surface area contributed by atoms with Crippen molar-refractivity contribution >= 4 is 23.1 Å². The van der Waals surface area contributed by atoms with Crippen molar-refractivity contribution in [1.29, 1.82) is 0 Å². The van der Waals surface area contributed by atoms with Crippen molar-refractivity contribution in [3.63, 3.8) is 0 Å². The molecule has 3 nitrogen and oxygen atoms in total. The summed E-state index contributed by atoms with van der Waals surface area (Å²) in [6.07, 6.45) is 5.56. The number of benzene rings is 1. The summed E-state index contributed by atoms with van der Waals surface area (Å²) in [5, 5.41) is 5.17. The van der Waals surface area contributed by atoms with Crippen LogP contribution in [-0.2, 0) is 6.42 Å². The second-order valence-corrected chi connectivity index (χ2v) is 7.03. The number of rotatable bonds is 3. The van der Waals surface area contributed by atoms with Crippen LogP contribution in [0.3, 0.4) is 0 Å². The van der Waals surface area contributed by atoms with Crippen molar-refractivity contribution < 1.29 is 4.79 Å². The normalized spacial score (nSPS) is 18.5. The van der Waals surface area contributed by atoms with Gasteiger partial charge in [0.1, 0.15) is 0 Å². The van der Waals surface area contributed by atoms with E-state index in [-0.39, 0.29) is 12.1 Å². The molecule has 1 aliphatic heterocycles. The summed E-state index contributed by atoms with van der Waals surface area (Å²) in [5.41, 5.74) is 2.16. The summed E-state index contributed by atoms with van der Waals surface area (Å²) < 4.78 is 0. The predicted octanol–water partition coefficient (Wildman–Crippen LogP) is 5.46. The Balaban J connectivity index is 1.74. The van der Waals surface area contributed by atoms with Crippen LogP contribution in [0.5, 0.6) is 0 Å². The van der Waals surface area contributed by atoms with Crippen LogP contribution in [0.15, 0.2) is 41.8 Å². The van der Waals surface area contributed by atoms with Crippen LogP contribution in [-0.4, -0.2) is 17.5 Å². The predicted molar refractivity (Wildman–Crippen MR) is 97.1 cm³/mol. The van der Waals surface area contributed by atoms with E-state index in [9.17, 15) is 4.79 Å². The molecule has 3 rings (SSSR count). The SMILES string of the molecule is CCc1ccc(NC(=O)N2CCCCC[C@@H]2c2cccs2)cc1. The number of aryl methyl sites for hydroxylation is 1. The highest BCUT2D eigenvalue weighted by Crippen LogP contribution is 2.33. The van der Waals surface area contributed by atoms with Crippen molar-refractivity contribution in [3.05, 3.63) is 52.2 Å². The summed E-state index contributed by atoms with van der Waals surface area (Å²) in [6, 6.07) is 12.6. The number of anilines is 1. The molecule has 0 saturated carbocycles. The zero-order valence-corrected chi connectivity index (χ0v) is 14.4. The van der Waals surface area contributed by atoms with Crippen molar-refractivity contribution in [2.75, 3.05) is 11.9 Å². The Hall–Kier alpha value is -1.81. The first-order valence-corrected chi connectivity index (χ1v) is 9.36. The molecule has 2 aromatic rings. The maximum absolute atomic E-state index is 12.8. The van der Waals surface area contributed by atoms with E-state index in [0.717, 1.165) is 31.5 Å². The molecule has 0 radical (unpaired) electrons. The Bertz CT molecular complexity index is 621. The van der Waals surface area contributed by atoms with E-state index in [1.165, 1.54) is 23.3 Å². The number of nitrogens with zero attached hydrogens (tertiary/aromatic N) is 1. The fourth-order valence-corrected chi connectivity index (χ4v) is 4.02. The van der Waals surface area contributed by atoms with Gasteiger partial charge in [0.05, 0.1) is 6.04 Å². The molecule has 2 amide bonds. The first kappa shape index (κ1) is 16.1. The van der Waals surface area contributed by atoms with Gasteiger partial charge in [0, 0.05) is 17.1 Å². The van der Waals surface area contributed by atoms with E-state index < -0.39 is 0 Å².